The van der Waals surface area contributed by atoms with Crippen LogP contribution in [0, 0.1) is 6.92 Å². The quantitative estimate of drug-likeness (QED) is 0.811. The molecule has 0 fully saturated rings. The molecule has 0 saturated heterocycles. The van der Waals surface area contributed by atoms with Crippen LogP contribution in [0.2, 0.25) is 10.0 Å². The summed E-state index contributed by atoms with van der Waals surface area (Å²) in [6.07, 6.45) is 3.15. The highest BCUT2D eigenvalue weighted by Crippen LogP contribution is 2.38. The molecular weight excluding hydrogens is 299 g/mol. The highest BCUT2D eigenvalue weighted by molar-refractivity contribution is 6.42. The Morgan fingerprint density at radius 2 is 2.00 bits per heavy atom. The fraction of sp³-hybridized carbons (Fsp3) is 0.214. The van der Waals surface area contributed by atoms with Crippen LogP contribution in [-0.4, -0.2) is 16.4 Å². The molecule has 1 atom stereocenters. The molecule has 0 N–H and O–H groups in total. The van der Waals surface area contributed by atoms with Gasteiger partial charge in [-0.2, -0.15) is 0 Å². The van der Waals surface area contributed by atoms with Crippen molar-refractivity contribution in [3.8, 4) is 0 Å². The van der Waals surface area contributed by atoms with E-state index in [2.05, 4.69) is 9.97 Å². The molecule has 1 aromatic heterocycles. The lowest BCUT2D eigenvalue weighted by molar-refractivity contribution is -0.139. The highest BCUT2D eigenvalue weighted by Gasteiger charge is 2.35. The minimum Gasteiger partial charge on any atom is -0.450 e. The second-order valence-corrected chi connectivity index (χ2v) is 5.18. The van der Waals surface area contributed by atoms with Gasteiger partial charge in [-0.3, -0.25) is 14.8 Å². The van der Waals surface area contributed by atoms with Crippen LogP contribution in [0.25, 0.3) is 0 Å². The lowest BCUT2D eigenvalue weighted by Gasteiger charge is -2.28. The molecule has 0 spiro atoms. The van der Waals surface area contributed by atoms with Gasteiger partial charge in [0.25, 0.3) is 6.47 Å². The van der Waals surface area contributed by atoms with Gasteiger partial charge in [0.2, 0.25) is 0 Å². The summed E-state index contributed by atoms with van der Waals surface area (Å²) >= 11 is 12.2. The molecule has 2 rings (SSSR count). The van der Waals surface area contributed by atoms with Crippen molar-refractivity contribution in [1.29, 1.82) is 0 Å². The van der Waals surface area contributed by atoms with Crippen LogP contribution in [0.4, 0.5) is 0 Å². The lowest BCUT2D eigenvalue weighted by Crippen LogP contribution is -2.29. The maximum absolute atomic E-state index is 10.9. The number of nitrogens with zero attached hydrogens (tertiary/aromatic N) is 2. The highest BCUT2D eigenvalue weighted by atomic mass is 35.5. The molecule has 1 aromatic carbocycles. The molecule has 2 aromatic rings. The third-order valence-corrected chi connectivity index (χ3v) is 3.84. The van der Waals surface area contributed by atoms with E-state index < -0.39 is 5.60 Å². The van der Waals surface area contributed by atoms with Gasteiger partial charge in [0.15, 0.2) is 5.60 Å². The second-order valence-electron chi connectivity index (χ2n) is 4.39. The summed E-state index contributed by atoms with van der Waals surface area (Å²) in [5.41, 5.74) is 0.639. The first-order valence-corrected chi connectivity index (χ1v) is 6.59. The number of hydrogen-bond acceptors (Lipinski definition) is 4. The molecule has 20 heavy (non-hydrogen) atoms. The summed E-state index contributed by atoms with van der Waals surface area (Å²) in [6.45, 7) is 3.87. The minimum atomic E-state index is -1.15. The van der Waals surface area contributed by atoms with Gasteiger partial charge in [-0.15, -0.1) is 0 Å². The molecule has 6 heteroatoms. The van der Waals surface area contributed by atoms with Crippen molar-refractivity contribution in [3.05, 3.63) is 57.6 Å². The molecule has 0 saturated carbocycles. The molecule has 0 radical (unpaired) electrons. The third-order valence-electron chi connectivity index (χ3n) is 3.02. The zero-order chi connectivity index (χ0) is 14.8. The maximum atomic E-state index is 10.9. The van der Waals surface area contributed by atoms with Crippen molar-refractivity contribution in [1.82, 2.24) is 9.97 Å². The Morgan fingerprint density at radius 1 is 1.25 bits per heavy atom. The number of rotatable bonds is 4. The van der Waals surface area contributed by atoms with Gasteiger partial charge in [-0.25, -0.2) is 0 Å². The lowest BCUT2D eigenvalue weighted by atomic mass is 9.92. The molecule has 0 aliphatic heterocycles. The predicted octanol–water partition coefficient (Wildman–Crippen LogP) is 3.53. The van der Waals surface area contributed by atoms with Crippen molar-refractivity contribution in [2.24, 2.45) is 0 Å². The zero-order valence-corrected chi connectivity index (χ0v) is 12.4. The van der Waals surface area contributed by atoms with Gasteiger partial charge in [0.1, 0.15) is 5.69 Å². The molecular formula is C14H12Cl2N2O2. The molecule has 0 aliphatic carbocycles. The average Bonchev–Trinajstić information content (AvgIpc) is 2.42. The summed E-state index contributed by atoms with van der Waals surface area (Å²) < 4.78 is 5.25. The van der Waals surface area contributed by atoms with Gasteiger partial charge < -0.3 is 4.74 Å². The number of carbonyl (C=O) groups is 1. The zero-order valence-electron chi connectivity index (χ0n) is 10.9. The standard InChI is InChI=1S/C14H12Cl2N2O2/c1-9-6-18-12(7-17-9)14(2,20-8-19)10-4-3-5-11(15)13(10)16/h3-8H,1-2H3. The van der Waals surface area contributed by atoms with Gasteiger partial charge >= 0.3 is 0 Å². The summed E-state index contributed by atoms with van der Waals surface area (Å²) in [4.78, 5) is 19.3. The Hall–Kier alpha value is -1.65. The molecule has 0 bridgehead atoms. The van der Waals surface area contributed by atoms with E-state index in [9.17, 15) is 4.79 Å². The molecule has 4 nitrogen and oxygen atoms in total. The van der Waals surface area contributed by atoms with E-state index >= 15 is 0 Å². The maximum Gasteiger partial charge on any atom is 0.294 e. The van der Waals surface area contributed by atoms with Crippen LogP contribution in [0.3, 0.4) is 0 Å². The average molecular weight is 311 g/mol. The Balaban J connectivity index is 2.62. The van der Waals surface area contributed by atoms with Crippen molar-refractivity contribution in [3.63, 3.8) is 0 Å². The number of hydrogen-bond donors (Lipinski definition) is 0. The van der Waals surface area contributed by atoms with Crippen LogP contribution in [0.1, 0.15) is 23.9 Å². The second kappa shape index (κ2) is 5.77. The fourth-order valence-corrected chi connectivity index (χ4v) is 2.35. The van der Waals surface area contributed by atoms with Crippen LogP contribution in [0.5, 0.6) is 0 Å². The Bertz CT molecular complexity index is 632. The number of carbonyl (C=O) groups excluding carboxylic acids is 1. The van der Waals surface area contributed by atoms with Crippen molar-refractivity contribution in [2.45, 2.75) is 19.4 Å². The number of aryl methyl sites for hydroxylation is 1. The minimum absolute atomic E-state index is 0.320. The number of halogens is 2. The Morgan fingerprint density at radius 3 is 2.60 bits per heavy atom. The first-order chi connectivity index (χ1) is 9.49. The molecule has 104 valence electrons. The van der Waals surface area contributed by atoms with E-state index in [1.807, 2.05) is 6.92 Å². The van der Waals surface area contributed by atoms with Crippen LogP contribution < -0.4 is 0 Å². The molecule has 0 aliphatic rings. The normalized spacial score (nSPS) is 13.6. The fourth-order valence-electron chi connectivity index (χ4n) is 1.87. The molecule has 0 amide bonds. The van der Waals surface area contributed by atoms with Crippen molar-refractivity contribution in [2.75, 3.05) is 0 Å². The van der Waals surface area contributed by atoms with Gasteiger partial charge in [0, 0.05) is 11.8 Å². The monoisotopic (exact) mass is 310 g/mol. The Labute approximate surface area is 126 Å². The number of aromatic nitrogens is 2. The third kappa shape index (κ3) is 2.62. The van der Waals surface area contributed by atoms with Gasteiger partial charge in [0.05, 0.1) is 21.9 Å². The predicted molar refractivity (Wildman–Crippen MR) is 76.8 cm³/mol. The summed E-state index contributed by atoms with van der Waals surface area (Å²) in [7, 11) is 0. The van der Waals surface area contributed by atoms with Crippen LogP contribution in [0.15, 0.2) is 30.6 Å². The van der Waals surface area contributed by atoms with Crippen LogP contribution >= 0.6 is 23.2 Å². The van der Waals surface area contributed by atoms with E-state index in [0.29, 0.717) is 27.8 Å². The van der Waals surface area contributed by atoms with Gasteiger partial charge in [-0.1, -0.05) is 35.3 Å². The number of ether oxygens (including phenoxy) is 1. The summed E-state index contributed by atoms with van der Waals surface area (Å²) in [5.74, 6) is 0. The first kappa shape index (κ1) is 14.8. The summed E-state index contributed by atoms with van der Waals surface area (Å²) in [5, 5.41) is 0.700. The van der Waals surface area contributed by atoms with E-state index in [4.69, 9.17) is 27.9 Å². The summed E-state index contributed by atoms with van der Waals surface area (Å²) in [6, 6.07) is 5.13. The SMILES string of the molecule is Cc1cnc(C(C)(OC=O)c2cccc(Cl)c2Cl)cn1. The van der Waals surface area contributed by atoms with E-state index in [1.165, 1.54) is 0 Å². The number of benzene rings is 1. The smallest absolute Gasteiger partial charge is 0.294 e. The topological polar surface area (TPSA) is 52.1 Å². The van der Waals surface area contributed by atoms with E-state index in [1.54, 1.807) is 37.5 Å². The molecule has 1 heterocycles. The molecule has 1 unspecified atom stereocenters. The van der Waals surface area contributed by atoms with Crippen molar-refractivity contribution >= 4 is 29.7 Å². The van der Waals surface area contributed by atoms with Crippen LogP contribution in [-0.2, 0) is 15.1 Å². The first-order valence-electron chi connectivity index (χ1n) is 5.84. The Kier molecular flexibility index (Phi) is 4.26. The van der Waals surface area contributed by atoms with Gasteiger partial charge in [-0.05, 0) is 19.9 Å². The largest absolute Gasteiger partial charge is 0.450 e. The van der Waals surface area contributed by atoms with E-state index in [-0.39, 0.29) is 0 Å². The van der Waals surface area contributed by atoms with Crippen molar-refractivity contribution < 1.29 is 9.53 Å². The van der Waals surface area contributed by atoms with E-state index in [0.717, 1.165) is 5.69 Å².